The SMILES string of the molecule is BrCc1ccc2ccccc2c1.C.C.NCCc1coc2ccccc12. The van der Waals surface area contributed by atoms with Gasteiger partial charge in [-0.05, 0) is 40.9 Å². The van der Waals surface area contributed by atoms with E-state index in [1.165, 1.54) is 27.3 Å². The van der Waals surface area contributed by atoms with Gasteiger partial charge in [0.05, 0.1) is 6.26 Å². The molecule has 0 saturated heterocycles. The Hall–Kier alpha value is -2.10. The van der Waals surface area contributed by atoms with Crippen molar-refractivity contribution in [1.29, 1.82) is 0 Å². The molecule has 138 valence electrons. The van der Waals surface area contributed by atoms with Crippen LogP contribution in [0.25, 0.3) is 21.7 Å². The summed E-state index contributed by atoms with van der Waals surface area (Å²) >= 11 is 3.44. The summed E-state index contributed by atoms with van der Waals surface area (Å²) in [5.74, 6) is 0. The van der Waals surface area contributed by atoms with Gasteiger partial charge in [-0.3, -0.25) is 0 Å². The number of hydrogen-bond donors (Lipinski definition) is 1. The second-order valence-electron chi connectivity index (χ2n) is 5.61. The summed E-state index contributed by atoms with van der Waals surface area (Å²) in [7, 11) is 0. The molecule has 3 aromatic carbocycles. The molecule has 0 spiro atoms. The third kappa shape index (κ3) is 5.20. The number of hydrogen-bond acceptors (Lipinski definition) is 2. The van der Waals surface area contributed by atoms with Crippen molar-refractivity contribution in [1.82, 2.24) is 0 Å². The highest BCUT2D eigenvalue weighted by molar-refractivity contribution is 9.08. The molecule has 2 nitrogen and oxygen atoms in total. The van der Waals surface area contributed by atoms with E-state index in [1.54, 1.807) is 6.26 Å². The molecule has 0 atom stereocenters. The molecule has 4 aromatic rings. The molecule has 0 fully saturated rings. The van der Waals surface area contributed by atoms with E-state index >= 15 is 0 Å². The fraction of sp³-hybridized carbons (Fsp3) is 0.217. The fourth-order valence-electron chi connectivity index (χ4n) is 2.70. The lowest BCUT2D eigenvalue weighted by atomic mass is 10.1. The van der Waals surface area contributed by atoms with Crippen molar-refractivity contribution in [3.8, 4) is 0 Å². The zero-order chi connectivity index (χ0) is 16.8. The van der Waals surface area contributed by atoms with Crippen LogP contribution in [0, 0.1) is 0 Å². The Labute approximate surface area is 165 Å². The first-order chi connectivity index (χ1) is 11.8. The number of fused-ring (bicyclic) bond motifs is 2. The average molecular weight is 414 g/mol. The van der Waals surface area contributed by atoms with Gasteiger partial charge in [0.1, 0.15) is 5.58 Å². The second kappa shape index (κ2) is 10.8. The van der Waals surface area contributed by atoms with E-state index in [9.17, 15) is 0 Å². The summed E-state index contributed by atoms with van der Waals surface area (Å²) in [6.45, 7) is 0.670. The second-order valence-corrected chi connectivity index (χ2v) is 6.17. The van der Waals surface area contributed by atoms with E-state index in [2.05, 4.69) is 64.5 Å². The third-order valence-corrected chi connectivity index (χ3v) is 4.59. The predicted octanol–water partition coefficient (Wildman–Crippen LogP) is 6.94. The Bertz CT molecular complexity index is 929. The van der Waals surface area contributed by atoms with Crippen molar-refractivity contribution in [3.05, 3.63) is 84.1 Å². The van der Waals surface area contributed by atoms with Crippen LogP contribution in [0.4, 0.5) is 0 Å². The molecule has 26 heavy (non-hydrogen) atoms. The lowest BCUT2D eigenvalue weighted by molar-refractivity contribution is 0.610. The number of alkyl halides is 1. The van der Waals surface area contributed by atoms with Gasteiger partial charge in [-0.15, -0.1) is 0 Å². The first-order valence-electron chi connectivity index (χ1n) is 8.00. The Morgan fingerprint density at radius 2 is 1.54 bits per heavy atom. The molecule has 0 aliphatic rings. The van der Waals surface area contributed by atoms with Crippen molar-refractivity contribution in [3.63, 3.8) is 0 Å². The highest BCUT2D eigenvalue weighted by Gasteiger charge is 2.02. The van der Waals surface area contributed by atoms with Crippen molar-refractivity contribution in [2.24, 2.45) is 5.73 Å². The number of rotatable bonds is 3. The summed E-state index contributed by atoms with van der Waals surface area (Å²) in [6, 6.07) is 22.9. The first kappa shape index (κ1) is 21.9. The van der Waals surface area contributed by atoms with E-state index in [4.69, 9.17) is 10.2 Å². The largest absolute Gasteiger partial charge is 0.464 e. The van der Waals surface area contributed by atoms with Crippen LogP contribution in [0.3, 0.4) is 0 Å². The summed E-state index contributed by atoms with van der Waals surface area (Å²) in [5, 5.41) is 4.73. The molecule has 0 bridgehead atoms. The summed E-state index contributed by atoms with van der Waals surface area (Å²) in [5.41, 5.74) is 8.94. The molecule has 0 amide bonds. The van der Waals surface area contributed by atoms with E-state index in [0.717, 1.165) is 17.3 Å². The molecule has 4 rings (SSSR count). The van der Waals surface area contributed by atoms with Crippen LogP contribution in [-0.2, 0) is 11.8 Å². The van der Waals surface area contributed by atoms with Crippen molar-refractivity contribution < 1.29 is 4.42 Å². The van der Waals surface area contributed by atoms with Gasteiger partial charge in [-0.2, -0.15) is 0 Å². The van der Waals surface area contributed by atoms with Crippen LogP contribution in [-0.4, -0.2) is 6.54 Å². The average Bonchev–Trinajstić information content (AvgIpc) is 3.05. The van der Waals surface area contributed by atoms with Gasteiger partial charge in [0.25, 0.3) is 0 Å². The quantitative estimate of drug-likeness (QED) is 0.369. The number of halogens is 1. The lowest BCUT2D eigenvalue weighted by Crippen LogP contribution is -2.01. The first-order valence-corrected chi connectivity index (χ1v) is 9.13. The molecule has 0 radical (unpaired) electrons. The Morgan fingerprint density at radius 1 is 0.846 bits per heavy atom. The number of benzene rings is 3. The molecule has 0 unspecified atom stereocenters. The lowest BCUT2D eigenvalue weighted by Gasteiger charge is -1.98. The minimum absolute atomic E-state index is 0. The van der Waals surface area contributed by atoms with Crippen LogP contribution < -0.4 is 5.73 Å². The maximum atomic E-state index is 5.47. The van der Waals surface area contributed by atoms with Gasteiger partial charge < -0.3 is 10.2 Å². The predicted molar refractivity (Wildman–Crippen MR) is 119 cm³/mol. The number of para-hydroxylation sites is 1. The van der Waals surface area contributed by atoms with Crippen molar-refractivity contribution in [2.75, 3.05) is 6.54 Å². The van der Waals surface area contributed by atoms with Gasteiger partial charge in [-0.1, -0.05) is 91.4 Å². The molecule has 1 heterocycles. The molecular weight excluding hydrogens is 386 g/mol. The summed E-state index contributed by atoms with van der Waals surface area (Å²) in [4.78, 5) is 0. The van der Waals surface area contributed by atoms with Gasteiger partial charge in [0.2, 0.25) is 0 Å². The molecule has 0 saturated carbocycles. The number of nitrogens with two attached hydrogens (primary N) is 1. The van der Waals surface area contributed by atoms with Gasteiger partial charge in [0.15, 0.2) is 0 Å². The fourth-order valence-corrected chi connectivity index (χ4v) is 3.05. The van der Waals surface area contributed by atoms with Crippen LogP contribution in [0.5, 0.6) is 0 Å². The molecule has 2 N–H and O–H groups in total. The van der Waals surface area contributed by atoms with Gasteiger partial charge in [-0.25, -0.2) is 0 Å². The minimum Gasteiger partial charge on any atom is -0.464 e. The summed E-state index contributed by atoms with van der Waals surface area (Å²) in [6.07, 6.45) is 2.68. The standard InChI is InChI=1S/C11H9Br.C10H11NO.2CH4/c12-8-9-5-6-10-3-1-2-4-11(10)7-9;11-6-5-8-7-12-10-4-2-1-3-9(8)10;;/h1-7H,8H2;1-4,7H,5-6,11H2;2*1H4. The highest BCUT2D eigenvalue weighted by atomic mass is 79.9. The van der Waals surface area contributed by atoms with Crippen molar-refractivity contribution >= 4 is 37.7 Å². The topological polar surface area (TPSA) is 39.2 Å². The molecule has 0 aliphatic heterocycles. The number of furan rings is 1. The van der Waals surface area contributed by atoms with Gasteiger partial charge >= 0.3 is 0 Å². The van der Waals surface area contributed by atoms with E-state index in [0.29, 0.717) is 6.54 Å². The Balaban J connectivity index is 0.000000241. The zero-order valence-corrected chi connectivity index (χ0v) is 15.0. The van der Waals surface area contributed by atoms with Crippen LogP contribution in [0.15, 0.2) is 77.4 Å². The smallest absolute Gasteiger partial charge is 0.134 e. The normalized spacial score (nSPS) is 9.77. The maximum absolute atomic E-state index is 5.47. The Morgan fingerprint density at radius 3 is 2.27 bits per heavy atom. The molecular formula is C23H28BrNO. The van der Waals surface area contributed by atoms with Crippen LogP contribution in [0.2, 0.25) is 0 Å². The van der Waals surface area contributed by atoms with E-state index in [-0.39, 0.29) is 14.9 Å². The molecule has 3 heteroatoms. The third-order valence-electron chi connectivity index (χ3n) is 3.94. The van der Waals surface area contributed by atoms with Crippen LogP contribution in [0.1, 0.15) is 26.0 Å². The van der Waals surface area contributed by atoms with Gasteiger partial charge in [0, 0.05) is 10.7 Å². The molecule has 0 aliphatic carbocycles. The van der Waals surface area contributed by atoms with Crippen molar-refractivity contribution in [2.45, 2.75) is 26.6 Å². The monoisotopic (exact) mass is 413 g/mol. The summed E-state index contributed by atoms with van der Waals surface area (Å²) < 4.78 is 5.35. The van der Waals surface area contributed by atoms with E-state index in [1.807, 2.05) is 18.2 Å². The maximum Gasteiger partial charge on any atom is 0.134 e. The van der Waals surface area contributed by atoms with E-state index < -0.39 is 0 Å². The van der Waals surface area contributed by atoms with Crippen LogP contribution >= 0.6 is 15.9 Å². The Kier molecular flexibility index (Phi) is 9.11. The minimum atomic E-state index is 0. The molecule has 1 aromatic heterocycles. The zero-order valence-electron chi connectivity index (χ0n) is 13.4. The highest BCUT2D eigenvalue weighted by Crippen LogP contribution is 2.20.